The van der Waals surface area contributed by atoms with Gasteiger partial charge in [0.15, 0.2) is 11.0 Å². The molecule has 1 N–H and O–H groups in total. The Balaban J connectivity index is 1.85. The number of para-hydroxylation sites is 1. The lowest BCUT2D eigenvalue weighted by Gasteiger charge is -2.18. The Bertz CT molecular complexity index is 937. The van der Waals surface area contributed by atoms with Crippen molar-refractivity contribution in [3.63, 3.8) is 0 Å². The van der Waals surface area contributed by atoms with Gasteiger partial charge in [0.1, 0.15) is 0 Å². The third-order valence-electron chi connectivity index (χ3n) is 4.41. The van der Waals surface area contributed by atoms with E-state index in [-0.39, 0.29) is 17.2 Å². The average Bonchev–Trinajstić information content (AvgIpc) is 3.10. The van der Waals surface area contributed by atoms with E-state index in [4.69, 9.17) is 0 Å². The van der Waals surface area contributed by atoms with Crippen LogP contribution in [0.25, 0.3) is 11.4 Å². The van der Waals surface area contributed by atoms with E-state index in [9.17, 15) is 4.79 Å². The van der Waals surface area contributed by atoms with Crippen molar-refractivity contribution in [3.8, 4) is 11.4 Å². The summed E-state index contributed by atoms with van der Waals surface area (Å²) in [7, 11) is 0. The summed E-state index contributed by atoms with van der Waals surface area (Å²) in [6.07, 6.45) is 0.702. The normalized spacial score (nSPS) is 12.2. The maximum atomic E-state index is 12.8. The van der Waals surface area contributed by atoms with E-state index >= 15 is 0 Å². The van der Waals surface area contributed by atoms with Gasteiger partial charge in [0.2, 0.25) is 5.91 Å². The molecule has 0 aliphatic carbocycles. The molecule has 1 amide bonds. The van der Waals surface area contributed by atoms with Crippen LogP contribution in [0.2, 0.25) is 0 Å². The summed E-state index contributed by atoms with van der Waals surface area (Å²) in [4.78, 5) is 12.8. The molecule has 1 aromatic heterocycles. The van der Waals surface area contributed by atoms with Crippen molar-refractivity contribution in [1.82, 2.24) is 14.8 Å². The molecule has 28 heavy (non-hydrogen) atoms. The molecule has 0 bridgehead atoms. The quantitative estimate of drug-likeness (QED) is 0.549. The second-order valence-corrected chi connectivity index (χ2v) is 8.18. The molecule has 2 aromatic carbocycles. The van der Waals surface area contributed by atoms with Gasteiger partial charge in [-0.1, -0.05) is 60.6 Å². The number of hydrogen-bond donors (Lipinski definition) is 1. The number of carbonyl (C=O) groups excluding carboxylic acids is 1. The van der Waals surface area contributed by atoms with E-state index in [0.717, 1.165) is 22.2 Å². The first kappa shape index (κ1) is 20.1. The number of aromatic nitrogens is 3. The van der Waals surface area contributed by atoms with E-state index < -0.39 is 0 Å². The minimum absolute atomic E-state index is 0.0193. The number of amides is 1. The van der Waals surface area contributed by atoms with Crippen LogP contribution in [0, 0.1) is 6.92 Å². The number of thioether (sulfide) groups is 1. The van der Waals surface area contributed by atoms with E-state index in [1.165, 1.54) is 17.3 Å². The maximum absolute atomic E-state index is 12.8. The van der Waals surface area contributed by atoms with Gasteiger partial charge in [-0.25, -0.2) is 0 Å². The van der Waals surface area contributed by atoms with Crippen molar-refractivity contribution in [2.24, 2.45) is 0 Å². The molecular formula is C22H26N4OS. The van der Waals surface area contributed by atoms with Gasteiger partial charge in [-0.3, -0.25) is 9.36 Å². The summed E-state index contributed by atoms with van der Waals surface area (Å²) in [6, 6.07) is 18.0. The zero-order valence-corrected chi connectivity index (χ0v) is 17.5. The predicted molar refractivity (Wildman–Crippen MR) is 116 cm³/mol. The largest absolute Gasteiger partial charge is 0.325 e. The number of aryl methyl sites for hydroxylation is 1. The molecular weight excluding hydrogens is 368 g/mol. The SMILES string of the molecule is CC[C@@H](Sc1nnc(-c2cccc(C)c2)n1C(C)C)C(=O)Nc1ccccc1. The van der Waals surface area contributed by atoms with E-state index in [1.807, 2.05) is 49.4 Å². The van der Waals surface area contributed by atoms with Gasteiger partial charge in [0, 0.05) is 17.3 Å². The van der Waals surface area contributed by atoms with Crippen LogP contribution in [0.5, 0.6) is 0 Å². The van der Waals surface area contributed by atoms with Crippen LogP contribution in [0.4, 0.5) is 5.69 Å². The molecule has 5 nitrogen and oxygen atoms in total. The monoisotopic (exact) mass is 394 g/mol. The summed E-state index contributed by atoms with van der Waals surface area (Å²) < 4.78 is 2.11. The number of carbonyl (C=O) groups is 1. The number of anilines is 1. The van der Waals surface area contributed by atoms with E-state index in [2.05, 4.69) is 53.0 Å². The molecule has 146 valence electrons. The van der Waals surface area contributed by atoms with Crippen LogP contribution in [-0.4, -0.2) is 25.9 Å². The van der Waals surface area contributed by atoms with Gasteiger partial charge < -0.3 is 5.32 Å². The molecule has 1 heterocycles. The number of hydrogen-bond acceptors (Lipinski definition) is 4. The lowest BCUT2D eigenvalue weighted by molar-refractivity contribution is -0.115. The number of nitrogens with zero attached hydrogens (tertiary/aromatic N) is 3. The minimum atomic E-state index is -0.243. The fourth-order valence-corrected chi connectivity index (χ4v) is 4.08. The highest BCUT2D eigenvalue weighted by molar-refractivity contribution is 8.00. The Kier molecular flexibility index (Phi) is 6.52. The molecule has 0 unspecified atom stereocenters. The highest BCUT2D eigenvalue weighted by atomic mass is 32.2. The molecule has 0 fully saturated rings. The van der Waals surface area contributed by atoms with E-state index in [1.54, 1.807) is 0 Å². The van der Waals surface area contributed by atoms with Crippen molar-refractivity contribution >= 4 is 23.4 Å². The molecule has 0 saturated heterocycles. The molecule has 6 heteroatoms. The molecule has 0 spiro atoms. The lowest BCUT2D eigenvalue weighted by atomic mass is 10.1. The van der Waals surface area contributed by atoms with Crippen molar-refractivity contribution in [1.29, 1.82) is 0 Å². The minimum Gasteiger partial charge on any atom is -0.325 e. The zero-order chi connectivity index (χ0) is 20.1. The Morgan fingerprint density at radius 3 is 2.50 bits per heavy atom. The summed E-state index contributed by atoms with van der Waals surface area (Å²) >= 11 is 1.47. The summed E-state index contributed by atoms with van der Waals surface area (Å²) in [6.45, 7) is 8.30. The van der Waals surface area contributed by atoms with E-state index in [0.29, 0.717) is 6.42 Å². The molecule has 0 aliphatic heterocycles. The third-order valence-corrected chi connectivity index (χ3v) is 5.73. The molecule has 3 aromatic rings. The molecule has 0 saturated carbocycles. The molecule has 0 radical (unpaired) electrons. The standard InChI is InChI=1S/C22H26N4OS/c1-5-19(21(27)23-18-12-7-6-8-13-18)28-22-25-24-20(26(22)15(2)3)17-11-9-10-16(4)14-17/h6-15,19H,5H2,1-4H3,(H,23,27)/t19-/m1/s1. The Hall–Kier alpha value is -2.60. The lowest BCUT2D eigenvalue weighted by Crippen LogP contribution is -2.25. The highest BCUT2D eigenvalue weighted by Crippen LogP contribution is 2.31. The topological polar surface area (TPSA) is 59.8 Å². The second kappa shape index (κ2) is 9.06. The second-order valence-electron chi connectivity index (χ2n) is 7.01. The van der Waals surface area contributed by atoms with Crippen molar-refractivity contribution in [2.45, 2.75) is 50.6 Å². The number of rotatable bonds is 7. The fourth-order valence-electron chi connectivity index (χ4n) is 3.00. The number of benzene rings is 2. The van der Waals surface area contributed by atoms with Gasteiger partial charge >= 0.3 is 0 Å². The maximum Gasteiger partial charge on any atom is 0.237 e. The van der Waals surface area contributed by atoms with Gasteiger partial charge in [0.05, 0.1) is 5.25 Å². The Labute approximate surface area is 170 Å². The highest BCUT2D eigenvalue weighted by Gasteiger charge is 2.24. The summed E-state index contributed by atoms with van der Waals surface area (Å²) in [5.41, 5.74) is 3.02. The fraction of sp³-hybridized carbons (Fsp3) is 0.318. The van der Waals surface area contributed by atoms with Crippen LogP contribution in [0.15, 0.2) is 59.8 Å². The molecule has 1 atom stereocenters. The van der Waals surface area contributed by atoms with Crippen LogP contribution in [0.1, 0.15) is 38.8 Å². The van der Waals surface area contributed by atoms with Crippen LogP contribution in [0.3, 0.4) is 0 Å². The van der Waals surface area contributed by atoms with Crippen molar-refractivity contribution < 1.29 is 4.79 Å². The van der Waals surface area contributed by atoms with Gasteiger partial charge in [-0.05, 0) is 45.4 Å². The zero-order valence-electron chi connectivity index (χ0n) is 16.7. The summed E-state index contributed by atoms with van der Waals surface area (Å²) in [5, 5.41) is 12.4. The predicted octanol–water partition coefficient (Wildman–Crippen LogP) is 5.34. The molecule has 0 aliphatic rings. The number of nitrogens with one attached hydrogen (secondary N) is 1. The Morgan fingerprint density at radius 1 is 1.11 bits per heavy atom. The van der Waals surface area contributed by atoms with Gasteiger partial charge in [-0.15, -0.1) is 10.2 Å². The van der Waals surface area contributed by atoms with Crippen LogP contribution in [-0.2, 0) is 4.79 Å². The Morgan fingerprint density at radius 2 is 1.86 bits per heavy atom. The van der Waals surface area contributed by atoms with Gasteiger partial charge in [0.25, 0.3) is 0 Å². The van der Waals surface area contributed by atoms with Crippen LogP contribution >= 0.6 is 11.8 Å². The third kappa shape index (κ3) is 4.62. The first-order chi connectivity index (χ1) is 13.5. The van der Waals surface area contributed by atoms with Gasteiger partial charge in [-0.2, -0.15) is 0 Å². The van der Waals surface area contributed by atoms with Crippen LogP contribution < -0.4 is 5.32 Å². The molecule has 3 rings (SSSR count). The van der Waals surface area contributed by atoms with Crippen molar-refractivity contribution in [2.75, 3.05) is 5.32 Å². The first-order valence-electron chi connectivity index (χ1n) is 9.54. The average molecular weight is 395 g/mol. The van der Waals surface area contributed by atoms with Crippen molar-refractivity contribution in [3.05, 3.63) is 60.2 Å². The smallest absolute Gasteiger partial charge is 0.237 e. The summed E-state index contributed by atoms with van der Waals surface area (Å²) in [5.74, 6) is 0.814. The first-order valence-corrected chi connectivity index (χ1v) is 10.4.